The zero-order valence-corrected chi connectivity index (χ0v) is 10.5. The molecule has 2 nitrogen and oxygen atoms in total. The summed E-state index contributed by atoms with van der Waals surface area (Å²) in [5, 5.41) is 6.57. The lowest BCUT2D eigenvalue weighted by molar-refractivity contribution is 0.697. The summed E-state index contributed by atoms with van der Waals surface area (Å²) >= 11 is 3.57. The molecule has 2 aromatic heterocycles. The van der Waals surface area contributed by atoms with Crippen LogP contribution in [-0.2, 0) is 13.1 Å². The second-order valence-corrected chi connectivity index (χ2v) is 5.80. The highest BCUT2D eigenvalue weighted by molar-refractivity contribution is 7.12. The van der Waals surface area contributed by atoms with Crippen molar-refractivity contribution in [2.75, 3.05) is 0 Å². The molecule has 2 aromatic rings. The zero-order valence-electron chi connectivity index (χ0n) is 8.91. The van der Waals surface area contributed by atoms with Crippen molar-refractivity contribution in [1.82, 2.24) is 10.3 Å². The Morgan fingerprint density at radius 1 is 1.33 bits per heavy atom. The minimum atomic E-state index is 0.869. The van der Waals surface area contributed by atoms with Gasteiger partial charge in [-0.15, -0.1) is 22.7 Å². The van der Waals surface area contributed by atoms with Gasteiger partial charge < -0.3 is 5.32 Å². The SMILES string of the molecule is Cc1cc(CNCc2nccs2)sc1C. The first-order chi connectivity index (χ1) is 7.25. The monoisotopic (exact) mass is 238 g/mol. The van der Waals surface area contributed by atoms with Crippen LogP contribution in [0.25, 0.3) is 0 Å². The molecule has 0 aliphatic rings. The molecule has 0 atom stereocenters. The molecule has 15 heavy (non-hydrogen) atoms. The van der Waals surface area contributed by atoms with Gasteiger partial charge in [-0.2, -0.15) is 0 Å². The minimum absolute atomic E-state index is 0.869. The largest absolute Gasteiger partial charge is 0.306 e. The molecule has 0 aromatic carbocycles. The summed E-state index contributed by atoms with van der Waals surface area (Å²) in [5.74, 6) is 0. The molecule has 4 heteroatoms. The quantitative estimate of drug-likeness (QED) is 0.885. The molecule has 0 spiro atoms. The molecule has 0 amide bonds. The average molecular weight is 238 g/mol. The van der Waals surface area contributed by atoms with Crippen LogP contribution < -0.4 is 5.32 Å². The van der Waals surface area contributed by atoms with Crippen LogP contribution in [0, 0.1) is 13.8 Å². The van der Waals surface area contributed by atoms with Crippen LogP contribution in [0.3, 0.4) is 0 Å². The molecule has 0 unspecified atom stereocenters. The van der Waals surface area contributed by atoms with Gasteiger partial charge in [-0.25, -0.2) is 4.98 Å². The molecular formula is C11H14N2S2. The van der Waals surface area contributed by atoms with E-state index < -0.39 is 0 Å². The van der Waals surface area contributed by atoms with E-state index in [2.05, 4.69) is 30.2 Å². The summed E-state index contributed by atoms with van der Waals surface area (Å²) < 4.78 is 0. The first kappa shape index (κ1) is 10.8. The van der Waals surface area contributed by atoms with Crippen molar-refractivity contribution in [3.05, 3.63) is 38.0 Å². The van der Waals surface area contributed by atoms with Crippen molar-refractivity contribution in [1.29, 1.82) is 0 Å². The Hall–Kier alpha value is -0.710. The summed E-state index contributed by atoms with van der Waals surface area (Å²) in [5.41, 5.74) is 1.39. The third-order valence-corrected chi connectivity index (χ3v) is 4.21. The summed E-state index contributed by atoms with van der Waals surface area (Å²) in [6.45, 7) is 6.15. The van der Waals surface area contributed by atoms with Crippen LogP contribution in [0.5, 0.6) is 0 Å². The molecule has 0 aliphatic heterocycles. The third kappa shape index (κ3) is 2.87. The molecule has 2 heterocycles. The van der Waals surface area contributed by atoms with E-state index in [-0.39, 0.29) is 0 Å². The number of aryl methyl sites for hydroxylation is 2. The van der Waals surface area contributed by atoms with Crippen LogP contribution in [0.2, 0.25) is 0 Å². The van der Waals surface area contributed by atoms with Crippen molar-refractivity contribution < 1.29 is 0 Å². The lowest BCUT2D eigenvalue weighted by atomic mass is 10.3. The van der Waals surface area contributed by atoms with E-state index in [9.17, 15) is 0 Å². The van der Waals surface area contributed by atoms with Gasteiger partial charge in [0.05, 0.1) is 0 Å². The summed E-state index contributed by atoms with van der Waals surface area (Å²) in [6.07, 6.45) is 1.85. The number of hydrogen-bond donors (Lipinski definition) is 1. The van der Waals surface area contributed by atoms with Crippen molar-refractivity contribution >= 4 is 22.7 Å². The maximum absolute atomic E-state index is 4.23. The second-order valence-electron chi connectivity index (χ2n) is 3.48. The van der Waals surface area contributed by atoms with E-state index in [0.29, 0.717) is 0 Å². The molecular weight excluding hydrogens is 224 g/mol. The van der Waals surface area contributed by atoms with E-state index in [1.807, 2.05) is 22.9 Å². The van der Waals surface area contributed by atoms with E-state index >= 15 is 0 Å². The van der Waals surface area contributed by atoms with Crippen LogP contribution in [0.15, 0.2) is 17.6 Å². The highest BCUT2D eigenvalue weighted by Crippen LogP contribution is 2.20. The Bertz CT molecular complexity index is 398. The summed E-state index contributed by atoms with van der Waals surface area (Å²) in [4.78, 5) is 7.05. The van der Waals surface area contributed by atoms with Crippen molar-refractivity contribution in [2.45, 2.75) is 26.9 Å². The van der Waals surface area contributed by atoms with Crippen LogP contribution in [0.4, 0.5) is 0 Å². The topological polar surface area (TPSA) is 24.9 Å². The number of thiophene rings is 1. The average Bonchev–Trinajstić information content (AvgIpc) is 2.79. The highest BCUT2D eigenvalue weighted by Gasteiger charge is 2.01. The van der Waals surface area contributed by atoms with E-state index in [4.69, 9.17) is 0 Å². The Kier molecular flexibility index (Phi) is 3.51. The first-order valence-corrected chi connectivity index (χ1v) is 6.60. The maximum atomic E-state index is 4.23. The van der Waals surface area contributed by atoms with Gasteiger partial charge in [0.25, 0.3) is 0 Å². The molecule has 0 bridgehead atoms. The Balaban J connectivity index is 1.83. The summed E-state index contributed by atoms with van der Waals surface area (Å²) in [6, 6.07) is 2.26. The van der Waals surface area contributed by atoms with Crippen LogP contribution in [-0.4, -0.2) is 4.98 Å². The van der Waals surface area contributed by atoms with Crippen molar-refractivity contribution in [3.8, 4) is 0 Å². The number of aromatic nitrogens is 1. The number of hydrogen-bond acceptors (Lipinski definition) is 4. The van der Waals surface area contributed by atoms with Gasteiger partial charge in [-0.1, -0.05) is 0 Å². The fraction of sp³-hybridized carbons (Fsp3) is 0.364. The second kappa shape index (κ2) is 4.88. The van der Waals surface area contributed by atoms with Crippen molar-refractivity contribution in [3.63, 3.8) is 0 Å². The Morgan fingerprint density at radius 3 is 2.80 bits per heavy atom. The van der Waals surface area contributed by atoms with Crippen LogP contribution >= 0.6 is 22.7 Å². The van der Waals surface area contributed by atoms with Gasteiger partial charge in [0.15, 0.2) is 0 Å². The number of nitrogens with zero attached hydrogens (tertiary/aromatic N) is 1. The zero-order chi connectivity index (χ0) is 10.7. The Labute approximate surface area is 98.0 Å². The normalized spacial score (nSPS) is 10.8. The van der Waals surface area contributed by atoms with Gasteiger partial charge in [0.1, 0.15) is 5.01 Å². The number of thiazole rings is 1. The molecule has 0 saturated carbocycles. The molecule has 1 N–H and O–H groups in total. The first-order valence-electron chi connectivity index (χ1n) is 4.90. The smallest absolute Gasteiger partial charge is 0.106 e. The summed E-state index contributed by atoms with van der Waals surface area (Å²) in [7, 11) is 0. The lowest BCUT2D eigenvalue weighted by Crippen LogP contribution is -2.11. The highest BCUT2D eigenvalue weighted by atomic mass is 32.1. The van der Waals surface area contributed by atoms with Gasteiger partial charge >= 0.3 is 0 Å². The molecule has 80 valence electrons. The predicted molar refractivity (Wildman–Crippen MR) is 66.5 cm³/mol. The number of nitrogens with one attached hydrogen (secondary N) is 1. The molecule has 0 radical (unpaired) electrons. The molecule has 2 rings (SSSR count). The van der Waals surface area contributed by atoms with Gasteiger partial charge in [-0.3, -0.25) is 0 Å². The molecule has 0 saturated heterocycles. The van der Waals surface area contributed by atoms with Crippen molar-refractivity contribution in [2.24, 2.45) is 0 Å². The molecule has 0 aliphatic carbocycles. The van der Waals surface area contributed by atoms with Gasteiger partial charge in [-0.05, 0) is 25.5 Å². The van der Waals surface area contributed by atoms with E-state index in [1.165, 1.54) is 15.3 Å². The van der Waals surface area contributed by atoms with Crippen LogP contribution in [0.1, 0.15) is 20.3 Å². The van der Waals surface area contributed by atoms with Gasteiger partial charge in [0, 0.05) is 34.4 Å². The number of rotatable bonds is 4. The van der Waals surface area contributed by atoms with Gasteiger partial charge in [0.2, 0.25) is 0 Å². The molecule has 0 fully saturated rings. The fourth-order valence-corrected chi connectivity index (χ4v) is 2.98. The minimum Gasteiger partial charge on any atom is -0.306 e. The lowest BCUT2D eigenvalue weighted by Gasteiger charge is -1.98. The maximum Gasteiger partial charge on any atom is 0.106 e. The van der Waals surface area contributed by atoms with E-state index in [1.54, 1.807) is 11.3 Å². The standard InChI is InChI=1S/C11H14N2S2/c1-8-5-10(15-9(8)2)6-12-7-11-13-3-4-14-11/h3-5,12H,6-7H2,1-2H3. The fourth-order valence-electron chi connectivity index (χ4n) is 1.37. The Morgan fingerprint density at radius 2 is 2.20 bits per heavy atom. The third-order valence-electron chi connectivity index (χ3n) is 2.28. The van der Waals surface area contributed by atoms with E-state index in [0.717, 1.165) is 18.1 Å². The predicted octanol–water partition coefficient (Wildman–Crippen LogP) is 3.11.